The summed E-state index contributed by atoms with van der Waals surface area (Å²) in [5, 5.41) is 0. The molecule has 1 aromatic carbocycles. The Balaban J connectivity index is 1.88. The molecule has 1 aliphatic heterocycles. The first kappa shape index (κ1) is 17.7. The molecule has 0 bridgehead atoms. The van der Waals surface area contributed by atoms with Gasteiger partial charge < -0.3 is 19.6 Å². The zero-order chi connectivity index (χ0) is 18.8. The summed E-state index contributed by atoms with van der Waals surface area (Å²) in [6.45, 7) is 3.06. The van der Waals surface area contributed by atoms with Crippen molar-refractivity contribution in [2.24, 2.45) is 0 Å². The highest BCUT2D eigenvalue weighted by Gasteiger charge is 2.21. The highest BCUT2D eigenvalue weighted by atomic mass is 16.5. The van der Waals surface area contributed by atoms with Gasteiger partial charge in [0.1, 0.15) is 17.1 Å². The van der Waals surface area contributed by atoms with Crippen molar-refractivity contribution in [3.05, 3.63) is 42.2 Å². The maximum Gasteiger partial charge on any atom is 0.137 e. The van der Waals surface area contributed by atoms with Crippen LogP contribution in [0.25, 0.3) is 16.9 Å². The summed E-state index contributed by atoms with van der Waals surface area (Å²) in [6, 6.07) is 9.67. The Morgan fingerprint density at radius 1 is 1.04 bits per heavy atom. The van der Waals surface area contributed by atoms with Crippen LogP contribution >= 0.6 is 0 Å². The normalized spacial score (nSPS) is 15.2. The molecule has 1 saturated heterocycles. The summed E-state index contributed by atoms with van der Waals surface area (Å²) >= 11 is 0. The van der Waals surface area contributed by atoms with Crippen LogP contribution < -0.4 is 15.2 Å². The number of hydrogen-bond acceptors (Lipinski definition) is 5. The topological polar surface area (TPSA) is 65.0 Å². The number of likely N-dealkylation sites (tertiary alicyclic amines) is 1. The van der Waals surface area contributed by atoms with Crippen molar-refractivity contribution >= 4 is 11.3 Å². The summed E-state index contributed by atoms with van der Waals surface area (Å²) in [5.74, 6) is 1.57. The maximum absolute atomic E-state index is 6.07. The first-order valence-electron chi connectivity index (χ1n) is 9.41. The minimum absolute atomic E-state index is 0.726. The number of pyridine rings is 1. The molecule has 1 aliphatic rings. The van der Waals surface area contributed by atoms with E-state index in [0.29, 0.717) is 0 Å². The number of aromatic nitrogens is 2. The third kappa shape index (κ3) is 3.45. The molecule has 0 unspecified atom stereocenters. The quantitative estimate of drug-likeness (QED) is 0.748. The van der Waals surface area contributed by atoms with Crippen molar-refractivity contribution in [3.8, 4) is 22.8 Å². The lowest BCUT2D eigenvalue weighted by molar-refractivity contribution is 0.218. The number of nitrogen functional groups attached to an aromatic ring is 1. The SMILES string of the molecule is COc1ccc(OC)c(-c2nc3ccc(N)cn3c2CN2CCCCC2)c1. The van der Waals surface area contributed by atoms with Crippen LogP contribution in [0.2, 0.25) is 0 Å². The average molecular weight is 366 g/mol. The van der Waals surface area contributed by atoms with E-state index >= 15 is 0 Å². The fraction of sp³-hybridized carbons (Fsp3) is 0.381. The monoisotopic (exact) mass is 366 g/mol. The third-order valence-electron chi connectivity index (χ3n) is 5.22. The molecule has 6 nitrogen and oxygen atoms in total. The Morgan fingerprint density at radius 3 is 2.59 bits per heavy atom. The number of nitrogens with two attached hydrogens (primary N) is 1. The number of rotatable bonds is 5. The Hall–Kier alpha value is -2.73. The summed E-state index contributed by atoms with van der Waals surface area (Å²) < 4.78 is 13.2. The second-order valence-corrected chi connectivity index (χ2v) is 7.00. The van der Waals surface area contributed by atoms with Crippen molar-refractivity contribution < 1.29 is 9.47 Å². The molecule has 0 amide bonds. The number of methoxy groups -OCH3 is 2. The van der Waals surface area contributed by atoms with Crippen LogP contribution in [0.3, 0.4) is 0 Å². The van der Waals surface area contributed by atoms with Gasteiger partial charge in [-0.3, -0.25) is 4.90 Å². The Bertz CT molecular complexity index is 945. The lowest BCUT2D eigenvalue weighted by Gasteiger charge is -2.26. The molecule has 0 radical (unpaired) electrons. The number of ether oxygens (including phenoxy) is 2. The molecule has 27 heavy (non-hydrogen) atoms. The number of piperidine rings is 1. The second kappa shape index (κ2) is 7.48. The van der Waals surface area contributed by atoms with Gasteiger partial charge in [0.25, 0.3) is 0 Å². The predicted octanol–water partition coefficient (Wildman–Crippen LogP) is 3.59. The molecule has 0 aliphatic carbocycles. The van der Waals surface area contributed by atoms with Gasteiger partial charge in [-0.2, -0.15) is 0 Å². The number of benzene rings is 1. The summed E-state index contributed by atoms with van der Waals surface area (Å²) in [7, 11) is 3.36. The lowest BCUT2D eigenvalue weighted by Crippen LogP contribution is -2.29. The first-order chi connectivity index (χ1) is 13.2. The van der Waals surface area contributed by atoms with Crippen molar-refractivity contribution in [1.82, 2.24) is 14.3 Å². The molecule has 2 N–H and O–H groups in total. The van der Waals surface area contributed by atoms with Crippen LogP contribution in [-0.4, -0.2) is 41.6 Å². The summed E-state index contributed by atoms with van der Waals surface area (Å²) in [4.78, 5) is 7.41. The molecule has 4 rings (SSSR count). The van der Waals surface area contributed by atoms with E-state index in [1.54, 1.807) is 14.2 Å². The molecule has 6 heteroatoms. The van der Waals surface area contributed by atoms with Crippen molar-refractivity contribution in [2.45, 2.75) is 25.8 Å². The Kier molecular flexibility index (Phi) is 4.90. The van der Waals surface area contributed by atoms with Crippen molar-refractivity contribution in [3.63, 3.8) is 0 Å². The lowest BCUT2D eigenvalue weighted by atomic mass is 10.1. The molecule has 0 spiro atoms. The van der Waals surface area contributed by atoms with Gasteiger partial charge in [-0.25, -0.2) is 4.98 Å². The molecule has 0 saturated carbocycles. The minimum atomic E-state index is 0.726. The van der Waals surface area contributed by atoms with E-state index in [1.165, 1.54) is 19.3 Å². The molecule has 142 valence electrons. The molecule has 2 aromatic heterocycles. The summed E-state index contributed by atoms with van der Waals surface area (Å²) in [6.07, 6.45) is 5.76. The van der Waals surface area contributed by atoms with E-state index in [4.69, 9.17) is 20.2 Å². The maximum atomic E-state index is 6.07. The molecular weight excluding hydrogens is 340 g/mol. The molecule has 3 heterocycles. The number of hydrogen-bond donors (Lipinski definition) is 1. The van der Waals surface area contributed by atoms with Crippen LogP contribution in [0, 0.1) is 0 Å². The van der Waals surface area contributed by atoms with Gasteiger partial charge >= 0.3 is 0 Å². The smallest absolute Gasteiger partial charge is 0.137 e. The summed E-state index contributed by atoms with van der Waals surface area (Å²) in [5.41, 5.74) is 10.7. The average Bonchev–Trinajstić information content (AvgIpc) is 3.05. The third-order valence-corrected chi connectivity index (χ3v) is 5.22. The predicted molar refractivity (Wildman–Crippen MR) is 107 cm³/mol. The molecular formula is C21H26N4O2. The van der Waals surface area contributed by atoms with Gasteiger partial charge in [-0.15, -0.1) is 0 Å². The van der Waals surface area contributed by atoms with E-state index < -0.39 is 0 Å². The standard InChI is InChI=1S/C21H26N4O2/c1-26-16-7-8-19(27-2)17(12-16)21-18(14-24-10-4-3-5-11-24)25-13-15(22)6-9-20(25)23-21/h6-9,12-13H,3-5,10-11,14,22H2,1-2H3. The van der Waals surface area contributed by atoms with E-state index in [0.717, 1.165) is 59.4 Å². The van der Waals surface area contributed by atoms with Crippen LogP contribution in [0.15, 0.2) is 36.5 Å². The number of anilines is 1. The number of imidazole rings is 1. The largest absolute Gasteiger partial charge is 0.497 e. The number of fused-ring (bicyclic) bond motifs is 1. The highest BCUT2D eigenvalue weighted by Crippen LogP contribution is 2.36. The Labute approximate surface area is 159 Å². The van der Waals surface area contributed by atoms with Gasteiger partial charge in [0.05, 0.1) is 25.6 Å². The Morgan fingerprint density at radius 2 is 1.85 bits per heavy atom. The van der Waals surface area contributed by atoms with E-state index in [-0.39, 0.29) is 0 Å². The van der Waals surface area contributed by atoms with Gasteiger partial charge in [0.2, 0.25) is 0 Å². The second-order valence-electron chi connectivity index (χ2n) is 7.00. The molecule has 0 atom stereocenters. The fourth-order valence-electron chi connectivity index (χ4n) is 3.80. The van der Waals surface area contributed by atoms with E-state index in [1.807, 2.05) is 36.5 Å². The zero-order valence-electron chi connectivity index (χ0n) is 15.9. The van der Waals surface area contributed by atoms with Crippen LogP contribution in [0.1, 0.15) is 25.0 Å². The molecule has 1 fully saturated rings. The fourth-order valence-corrected chi connectivity index (χ4v) is 3.80. The van der Waals surface area contributed by atoms with Crippen LogP contribution in [0.5, 0.6) is 11.5 Å². The van der Waals surface area contributed by atoms with Crippen molar-refractivity contribution in [1.29, 1.82) is 0 Å². The van der Waals surface area contributed by atoms with Gasteiger partial charge in [-0.05, 0) is 56.3 Å². The van der Waals surface area contributed by atoms with Gasteiger partial charge in [-0.1, -0.05) is 6.42 Å². The zero-order valence-corrected chi connectivity index (χ0v) is 15.9. The van der Waals surface area contributed by atoms with Crippen molar-refractivity contribution in [2.75, 3.05) is 33.0 Å². The van der Waals surface area contributed by atoms with Crippen LogP contribution in [-0.2, 0) is 6.54 Å². The van der Waals surface area contributed by atoms with Gasteiger partial charge in [0.15, 0.2) is 0 Å². The van der Waals surface area contributed by atoms with E-state index in [9.17, 15) is 0 Å². The molecule has 3 aromatic rings. The van der Waals surface area contributed by atoms with Gasteiger partial charge in [0, 0.05) is 24.0 Å². The highest BCUT2D eigenvalue weighted by molar-refractivity contribution is 5.74. The van der Waals surface area contributed by atoms with Crippen LogP contribution in [0.4, 0.5) is 5.69 Å². The number of nitrogens with zero attached hydrogens (tertiary/aromatic N) is 3. The minimum Gasteiger partial charge on any atom is -0.497 e. The first-order valence-corrected chi connectivity index (χ1v) is 9.41. The van der Waals surface area contributed by atoms with E-state index in [2.05, 4.69) is 9.30 Å².